The minimum atomic E-state index is -1.44. The summed E-state index contributed by atoms with van der Waals surface area (Å²) in [4.78, 5) is 13.3. The van der Waals surface area contributed by atoms with Crippen LogP contribution in [0, 0.1) is 0 Å². The maximum Gasteiger partial charge on any atom is 0.250 e. The molecule has 1 aliphatic rings. The van der Waals surface area contributed by atoms with Crippen LogP contribution in [0.1, 0.15) is 18.4 Å². The van der Waals surface area contributed by atoms with Crippen molar-refractivity contribution in [1.82, 2.24) is 4.90 Å². The molecule has 1 saturated heterocycles. The summed E-state index contributed by atoms with van der Waals surface area (Å²) in [6.45, 7) is 1.55. The number of rotatable bonds is 3. The van der Waals surface area contributed by atoms with Crippen LogP contribution in [0.15, 0.2) is 18.2 Å². The normalized spacial score (nSPS) is 24.4. The molecule has 1 fully saturated rings. The van der Waals surface area contributed by atoms with Crippen molar-refractivity contribution in [3.8, 4) is 0 Å². The van der Waals surface area contributed by atoms with E-state index >= 15 is 0 Å². The van der Waals surface area contributed by atoms with E-state index in [1.807, 2.05) is 17.0 Å². The monoisotopic (exact) mass is 302 g/mol. The van der Waals surface area contributed by atoms with Crippen LogP contribution in [-0.2, 0) is 11.3 Å². The zero-order valence-corrected chi connectivity index (χ0v) is 11.9. The first kappa shape index (κ1) is 14.6. The molecule has 0 bridgehead atoms. The number of carbonyl (C=O) groups excluding carboxylic acids is 1. The van der Waals surface area contributed by atoms with Gasteiger partial charge in [0.25, 0.3) is 5.91 Å². The Balaban J connectivity index is 2.11. The van der Waals surface area contributed by atoms with Crippen molar-refractivity contribution < 1.29 is 9.90 Å². The molecular formula is C13H16Cl2N2O2. The largest absolute Gasteiger partial charge is 0.379 e. The van der Waals surface area contributed by atoms with E-state index in [2.05, 4.69) is 0 Å². The van der Waals surface area contributed by atoms with Crippen LogP contribution in [0.3, 0.4) is 0 Å². The predicted molar refractivity (Wildman–Crippen MR) is 75.1 cm³/mol. The summed E-state index contributed by atoms with van der Waals surface area (Å²) in [6, 6.07) is 5.43. The fourth-order valence-electron chi connectivity index (χ4n) is 2.37. The molecule has 1 aliphatic heterocycles. The number of benzene rings is 1. The summed E-state index contributed by atoms with van der Waals surface area (Å²) in [5.74, 6) is -0.672. The first-order valence-electron chi connectivity index (χ1n) is 6.10. The van der Waals surface area contributed by atoms with E-state index < -0.39 is 11.5 Å². The van der Waals surface area contributed by atoms with Crippen LogP contribution in [0.2, 0.25) is 10.0 Å². The van der Waals surface area contributed by atoms with Crippen molar-refractivity contribution in [2.45, 2.75) is 25.0 Å². The van der Waals surface area contributed by atoms with Gasteiger partial charge in [-0.1, -0.05) is 35.3 Å². The van der Waals surface area contributed by atoms with Gasteiger partial charge in [-0.25, -0.2) is 0 Å². The maximum atomic E-state index is 11.3. The predicted octanol–water partition coefficient (Wildman–Crippen LogP) is 1.81. The summed E-state index contributed by atoms with van der Waals surface area (Å²) in [5.41, 5.74) is 4.68. The fourth-order valence-corrected chi connectivity index (χ4v) is 2.75. The third kappa shape index (κ3) is 3.20. The van der Waals surface area contributed by atoms with Crippen LogP contribution >= 0.6 is 23.2 Å². The molecule has 0 aliphatic carbocycles. The zero-order valence-electron chi connectivity index (χ0n) is 10.4. The standard InChI is InChI=1S/C13H16Cl2N2O2/c14-10-4-1-3-9(11(10)15)7-17-6-2-5-13(19,8-17)12(16)18/h1,3-4,19H,2,5-8H2,(H2,16,18)/t13-/m1/s1. The summed E-state index contributed by atoms with van der Waals surface area (Å²) < 4.78 is 0. The van der Waals surface area contributed by atoms with Crippen molar-refractivity contribution >= 4 is 29.1 Å². The van der Waals surface area contributed by atoms with E-state index in [1.54, 1.807) is 6.07 Å². The molecule has 6 heteroatoms. The number of nitrogens with two attached hydrogens (primary N) is 1. The van der Waals surface area contributed by atoms with Crippen LogP contribution in [0.4, 0.5) is 0 Å². The number of hydrogen-bond donors (Lipinski definition) is 2. The summed E-state index contributed by atoms with van der Waals surface area (Å²) in [5, 5.41) is 11.2. The molecule has 0 radical (unpaired) electrons. The lowest BCUT2D eigenvalue weighted by atomic mass is 9.92. The van der Waals surface area contributed by atoms with Crippen molar-refractivity contribution in [3.05, 3.63) is 33.8 Å². The average Bonchev–Trinajstić information content (AvgIpc) is 2.35. The van der Waals surface area contributed by atoms with Gasteiger partial charge in [-0.2, -0.15) is 0 Å². The zero-order chi connectivity index (χ0) is 14.0. The molecule has 104 valence electrons. The highest BCUT2D eigenvalue weighted by molar-refractivity contribution is 6.42. The van der Waals surface area contributed by atoms with Gasteiger partial charge in [-0.3, -0.25) is 9.69 Å². The Hall–Kier alpha value is -0.810. The van der Waals surface area contributed by atoms with Crippen molar-refractivity contribution in [3.63, 3.8) is 0 Å². The van der Waals surface area contributed by atoms with Gasteiger partial charge < -0.3 is 10.8 Å². The number of halogens is 2. The second-order valence-corrected chi connectivity index (χ2v) is 5.71. The van der Waals surface area contributed by atoms with Crippen LogP contribution in [0.25, 0.3) is 0 Å². The van der Waals surface area contributed by atoms with Crippen LogP contribution in [0.5, 0.6) is 0 Å². The number of carbonyl (C=O) groups is 1. The molecule has 0 aromatic heterocycles. The highest BCUT2D eigenvalue weighted by atomic mass is 35.5. The number of aliphatic hydroxyl groups is 1. The van der Waals surface area contributed by atoms with Crippen molar-refractivity contribution in [1.29, 1.82) is 0 Å². The van der Waals surface area contributed by atoms with E-state index in [4.69, 9.17) is 28.9 Å². The summed E-state index contributed by atoms with van der Waals surface area (Å²) in [7, 11) is 0. The highest BCUT2D eigenvalue weighted by Crippen LogP contribution is 2.28. The lowest BCUT2D eigenvalue weighted by molar-refractivity contribution is -0.142. The van der Waals surface area contributed by atoms with Gasteiger partial charge in [0.05, 0.1) is 10.0 Å². The molecular weight excluding hydrogens is 287 g/mol. The molecule has 2 rings (SSSR count). The minimum Gasteiger partial charge on any atom is -0.379 e. The lowest BCUT2D eigenvalue weighted by Crippen LogP contribution is -2.55. The number of likely N-dealkylation sites (tertiary alicyclic amines) is 1. The number of piperidine rings is 1. The van der Waals surface area contributed by atoms with E-state index in [0.717, 1.165) is 18.5 Å². The van der Waals surface area contributed by atoms with E-state index in [-0.39, 0.29) is 6.54 Å². The Morgan fingerprint density at radius 2 is 2.21 bits per heavy atom. The van der Waals surface area contributed by atoms with E-state index in [1.165, 1.54) is 0 Å². The number of primary amides is 1. The second kappa shape index (κ2) is 5.67. The molecule has 4 nitrogen and oxygen atoms in total. The Kier molecular flexibility index (Phi) is 4.36. The quantitative estimate of drug-likeness (QED) is 0.895. The number of amides is 1. The minimum absolute atomic E-state index is 0.227. The average molecular weight is 303 g/mol. The lowest BCUT2D eigenvalue weighted by Gasteiger charge is -2.37. The first-order valence-corrected chi connectivity index (χ1v) is 6.85. The molecule has 1 atom stereocenters. The van der Waals surface area contributed by atoms with Crippen LogP contribution < -0.4 is 5.73 Å². The fraction of sp³-hybridized carbons (Fsp3) is 0.462. The SMILES string of the molecule is NC(=O)[C@@]1(O)CCCN(Cc2cccc(Cl)c2Cl)C1. The molecule has 1 aromatic rings. The van der Waals surface area contributed by atoms with Crippen LogP contribution in [-0.4, -0.2) is 34.6 Å². The van der Waals surface area contributed by atoms with Gasteiger partial charge in [0, 0.05) is 13.1 Å². The molecule has 0 spiro atoms. The molecule has 0 saturated carbocycles. The Morgan fingerprint density at radius 1 is 1.47 bits per heavy atom. The maximum absolute atomic E-state index is 11.3. The summed E-state index contributed by atoms with van der Waals surface area (Å²) >= 11 is 12.1. The number of nitrogens with zero attached hydrogens (tertiary/aromatic N) is 1. The topological polar surface area (TPSA) is 66.6 Å². The van der Waals surface area contributed by atoms with Gasteiger partial charge in [0.15, 0.2) is 5.60 Å². The van der Waals surface area contributed by atoms with Gasteiger partial charge in [0.2, 0.25) is 0 Å². The third-order valence-corrected chi connectivity index (χ3v) is 4.29. The van der Waals surface area contributed by atoms with Crippen molar-refractivity contribution in [2.75, 3.05) is 13.1 Å². The third-order valence-electron chi connectivity index (χ3n) is 3.43. The Bertz CT molecular complexity index is 496. The number of hydrogen-bond acceptors (Lipinski definition) is 3. The van der Waals surface area contributed by atoms with Crippen molar-refractivity contribution in [2.24, 2.45) is 5.73 Å². The van der Waals surface area contributed by atoms with Gasteiger partial charge in [-0.15, -0.1) is 0 Å². The molecule has 1 aromatic carbocycles. The molecule has 3 N–H and O–H groups in total. The number of β-amino-alcohol motifs (C(OH)–C–C–N with tert-alkyl or cyclic N) is 1. The molecule has 1 heterocycles. The first-order chi connectivity index (χ1) is 8.92. The smallest absolute Gasteiger partial charge is 0.250 e. The summed E-state index contributed by atoms with van der Waals surface area (Å²) in [6.07, 6.45) is 1.12. The Morgan fingerprint density at radius 3 is 2.89 bits per heavy atom. The molecule has 1 amide bonds. The molecule has 0 unspecified atom stereocenters. The van der Waals surface area contributed by atoms with E-state index in [0.29, 0.717) is 23.0 Å². The van der Waals surface area contributed by atoms with Gasteiger partial charge in [0.1, 0.15) is 0 Å². The second-order valence-electron chi connectivity index (χ2n) is 4.92. The molecule has 19 heavy (non-hydrogen) atoms. The van der Waals surface area contributed by atoms with Gasteiger partial charge >= 0.3 is 0 Å². The van der Waals surface area contributed by atoms with Gasteiger partial charge in [-0.05, 0) is 31.0 Å². The van der Waals surface area contributed by atoms with E-state index in [9.17, 15) is 9.90 Å². The Labute approximate surface area is 122 Å². The highest BCUT2D eigenvalue weighted by Gasteiger charge is 2.38.